The fraction of sp³-hybridized carbons (Fsp3) is 0.0909. The number of benzene rings is 1. The zero-order valence-electron chi connectivity index (χ0n) is 8.28. The lowest BCUT2D eigenvalue weighted by atomic mass is 10.2. The van der Waals surface area contributed by atoms with Crippen molar-refractivity contribution in [3.63, 3.8) is 0 Å². The topological polar surface area (TPSA) is 67.6 Å². The van der Waals surface area contributed by atoms with E-state index in [0.29, 0.717) is 5.82 Å². The van der Waals surface area contributed by atoms with Gasteiger partial charge in [0.1, 0.15) is 17.4 Å². The van der Waals surface area contributed by atoms with Crippen molar-refractivity contribution in [2.24, 2.45) is 0 Å². The molecule has 3 aromatic rings. The summed E-state index contributed by atoms with van der Waals surface area (Å²) >= 11 is 0. The molecule has 0 amide bonds. The van der Waals surface area contributed by atoms with E-state index in [-0.39, 0.29) is 0 Å². The second-order valence-electron chi connectivity index (χ2n) is 3.66. The Morgan fingerprint density at radius 2 is 2.13 bits per heavy atom. The Bertz CT molecular complexity index is 654. The third kappa shape index (κ3) is 1.08. The van der Waals surface area contributed by atoms with Gasteiger partial charge >= 0.3 is 0 Å². The number of nitrogens with zero attached hydrogens (tertiary/aromatic N) is 2. The van der Waals surface area contributed by atoms with E-state index < -0.39 is 0 Å². The van der Waals surface area contributed by atoms with E-state index in [4.69, 9.17) is 5.73 Å². The van der Waals surface area contributed by atoms with Crippen molar-refractivity contribution in [1.82, 2.24) is 15.0 Å². The van der Waals surface area contributed by atoms with Gasteiger partial charge in [0, 0.05) is 10.9 Å². The fourth-order valence-corrected chi connectivity index (χ4v) is 1.82. The molecule has 0 atom stereocenters. The van der Waals surface area contributed by atoms with Gasteiger partial charge in [-0.3, -0.25) is 0 Å². The van der Waals surface area contributed by atoms with E-state index >= 15 is 0 Å². The Morgan fingerprint density at radius 3 is 3.00 bits per heavy atom. The van der Waals surface area contributed by atoms with Crippen LogP contribution in [0.2, 0.25) is 0 Å². The Labute approximate surface area is 86.1 Å². The average Bonchev–Trinajstić information content (AvgIpc) is 2.58. The molecule has 0 unspecified atom stereocenters. The molecule has 0 saturated carbocycles. The second-order valence-corrected chi connectivity index (χ2v) is 3.66. The molecule has 4 nitrogen and oxygen atoms in total. The first kappa shape index (κ1) is 8.23. The summed E-state index contributed by atoms with van der Waals surface area (Å²) in [7, 11) is 0. The van der Waals surface area contributed by atoms with Crippen molar-refractivity contribution in [2.45, 2.75) is 6.92 Å². The number of nitrogens with one attached hydrogen (secondary N) is 1. The summed E-state index contributed by atoms with van der Waals surface area (Å²) in [6.45, 7) is 2.06. The molecule has 3 N–H and O–H groups in total. The number of anilines is 1. The molecule has 0 aliphatic heterocycles. The number of hydrogen-bond acceptors (Lipinski definition) is 3. The Kier molecular flexibility index (Phi) is 1.48. The summed E-state index contributed by atoms with van der Waals surface area (Å²) in [6.07, 6.45) is 1.49. The SMILES string of the molecule is Cc1ccc2[nH]c3c(N)ncnc3c2c1. The summed E-state index contributed by atoms with van der Waals surface area (Å²) in [6, 6.07) is 6.19. The highest BCUT2D eigenvalue weighted by atomic mass is 14.9. The lowest BCUT2D eigenvalue weighted by Crippen LogP contribution is -1.91. The zero-order chi connectivity index (χ0) is 10.4. The minimum absolute atomic E-state index is 0.494. The highest BCUT2D eigenvalue weighted by molar-refractivity contribution is 6.07. The van der Waals surface area contributed by atoms with Crippen molar-refractivity contribution < 1.29 is 0 Å². The zero-order valence-corrected chi connectivity index (χ0v) is 8.28. The van der Waals surface area contributed by atoms with Crippen LogP contribution in [0.4, 0.5) is 5.82 Å². The molecule has 0 fully saturated rings. The average molecular weight is 198 g/mol. The maximum absolute atomic E-state index is 5.78. The molecular formula is C11H10N4. The van der Waals surface area contributed by atoms with E-state index in [9.17, 15) is 0 Å². The van der Waals surface area contributed by atoms with Gasteiger partial charge in [0.2, 0.25) is 0 Å². The largest absolute Gasteiger partial charge is 0.382 e. The monoisotopic (exact) mass is 198 g/mol. The minimum atomic E-state index is 0.494. The lowest BCUT2D eigenvalue weighted by molar-refractivity contribution is 1.23. The first-order chi connectivity index (χ1) is 7.25. The summed E-state index contributed by atoms with van der Waals surface area (Å²) in [5, 5.41) is 1.10. The van der Waals surface area contributed by atoms with Crippen LogP contribution in [-0.4, -0.2) is 15.0 Å². The van der Waals surface area contributed by atoms with Gasteiger partial charge in [-0.1, -0.05) is 11.6 Å². The van der Waals surface area contributed by atoms with Gasteiger partial charge in [-0.15, -0.1) is 0 Å². The quantitative estimate of drug-likeness (QED) is 0.580. The van der Waals surface area contributed by atoms with Crippen LogP contribution in [-0.2, 0) is 0 Å². The van der Waals surface area contributed by atoms with Crippen LogP contribution in [0.15, 0.2) is 24.5 Å². The van der Waals surface area contributed by atoms with Gasteiger partial charge < -0.3 is 10.7 Å². The van der Waals surface area contributed by atoms with Gasteiger partial charge in [0.15, 0.2) is 5.82 Å². The van der Waals surface area contributed by atoms with Crippen LogP contribution in [0, 0.1) is 6.92 Å². The molecule has 0 saturated heterocycles. The summed E-state index contributed by atoms with van der Waals surface area (Å²) in [5.41, 5.74) is 9.74. The first-order valence-electron chi connectivity index (χ1n) is 4.74. The molecule has 1 aromatic carbocycles. The van der Waals surface area contributed by atoms with Crippen LogP contribution in [0.3, 0.4) is 0 Å². The van der Waals surface area contributed by atoms with Crippen molar-refractivity contribution in [3.8, 4) is 0 Å². The minimum Gasteiger partial charge on any atom is -0.382 e. The van der Waals surface area contributed by atoms with Crippen LogP contribution >= 0.6 is 0 Å². The molecular weight excluding hydrogens is 188 g/mol. The molecule has 2 heterocycles. The van der Waals surface area contributed by atoms with Gasteiger partial charge in [-0.2, -0.15) is 0 Å². The predicted molar refractivity (Wildman–Crippen MR) is 60.5 cm³/mol. The van der Waals surface area contributed by atoms with E-state index in [1.165, 1.54) is 11.9 Å². The Morgan fingerprint density at radius 1 is 1.27 bits per heavy atom. The molecule has 0 radical (unpaired) electrons. The second kappa shape index (κ2) is 2.70. The van der Waals surface area contributed by atoms with Crippen LogP contribution < -0.4 is 5.73 Å². The van der Waals surface area contributed by atoms with Crippen molar-refractivity contribution in [1.29, 1.82) is 0 Å². The third-order valence-corrected chi connectivity index (χ3v) is 2.57. The van der Waals surface area contributed by atoms with E-state index in [2.05, 4.69) is 34.0 Å². The molecule has 0 aliphatic rings. The maximum Gasteiger partial charge on any atom is 0.151 e. The van der Waals surface area contributed by atoms with E-state index in [0.717, 1.165) is 21.9 Å². The van der Waals surface area contributed by atoms with Gasteiger partial charge in [-0.05, 0) is 19.1 Å². The maximum atomic E-state index is 5.78. The predicted octanol–water partition coefficient (Wildman–Crippen LogP) is 2.00. The molecule has 0 bridgehead atoms. The highest BCUT2D eigenvalue weighted by Crippen LogP contribution is 2.26. The number of nitrogen functional groups attached to an aromatic ring is 1. The number of H-pyrrole nitrogens is 1. The number of aromatic nitrogens is 3. The number of fused-ring (bicyclic) bond motifs is 3. The van der Waals surface area contributed by atoms with Gasteiger partial charge in [0.25, 0.3) is 0 Å². The Balaban J connectivity index is 2.58. The first-order valence-corrected chi connectivity index (χ1v) is 4.74. The number of hydrogen-bond donors (Lipinski definition) is 2. The fourth-order valence-electron chi connectivity index (χ4n) is 1.82. The molecule has 4 heteroatoms. The van der Waals surface area contributed by atoms with Crippen molar-refractivity contribution >= 4 is 27.8 Å². The lowest BCUT2D eigenvalue weighted by Gasteiger charge is -1.93. The van der Waals surface area contributed by atoms with Crippen LogP contribution in [0.5, 0.6) is 0 Å². The van der Waals surface area contributed by atoms with Gasteiger partial charge in [-0.25, -0.2) is 9.97 Å². The van der Waals surface area contributed by atoms with Crippen LogP contribution in [0.25, 0.3) is 21.9 Å². The summed E-state index contributed by atoms with van der Waals surface area (Å²) in [4.78, 5) is 11.4. The number of aromatic amines is 1. The molecule has 0 spiro atoms. The van der Waals surface area contributed by atoms with E-state index in [1.54, 1.807) is 0 Å². The van der Waals surface area contributed by atoms with Crippen LogP contribution in [0.1, 0.15) is 5.56 Å². The Hall–Kier alpha value is -2.10. The third-order valence-electron chi connectivity index (χ3n) is 2.57. The summed E-state index contributed by atoms with van der Waals surface area (Å²) in [5.74, 6) is 0.494. The number of aryl methyl sites for hydroxylation is 1. The smallest absolute Gasteiger partial charge is 0.151 e. The molecule has 15 heavy (non-hydrogen) atoms. The van der Waals surface area contributed by atoms with Crippen molar-refractivity contribution in [3.05, 3.63) is 30.1 Å². The van der Waals surface area contributed by atoms with Crippen molar-refractivity contribution in [2.75, 3.05) is 5.73 Å². The standard InChI is InChI=1S/C11H10N4/c1-6-2-3-8-7(4-6)9-10(15-8)11(12)14-5-13-9/h2-5,15H,1H3,(H2,12,13,14). The summed E-state index contributed by atoms with van der Waals surface area (Å²) < 4.78 is 0. The number of nitrogens with two attached hydrogens (primary N) is 1. The molecule has 74 valence electrons. The highest BCUT2D eigenvalue weighted by Gasteiger charge is 2.07. The molecule has 2 aromatic heterocycles. The molecule has 3 rings (SSSR count). The van der Waals surface area contributed by atoms with Gasteiger partial charge in [0.05, 0.1) is 0 Å². The van der Waals surface area contributed by atoms with E-state index in [1.807, 2.05) is 6.07 Å². The molecule has 0 aliphatic carbocycles. The normalized spacial score (nSPS) is 11.3. The number of rotatable bonds is 0.